The van der Waals surface area contributed by atoms with E-state index in [1.165, 1.54) is 12.1 Å². The Bertz CT molecular complexity index is 1550. The van der Waals surface area contributed by atoms with Crippen LogP contribution < -0.4 is 5.32 Å². The van der Waals surface area contributed by atoms with Crippen LogP contribution in [0.4, 0.5) is 17.6 Å². The van der Waals surface area contributed by atoms with Crippen molar-refractivity contribution in [3.8, 4) is 0 Å². The normalized spacial score (nSPS) is 21.2. The van der Waals surface area contributed by atoms with E-state index in [-0.39, 0.29) is 48.3 Å². The average Bonchev–Trinajstić information content (AvgIpc) is 3.47. The molecule has 7 nitrogen and oxygen atoms in total. The molecule has 0 bridgehead atoms. The van der Waals surface area contributed by atoms with Gasteiger partial charge in [0.05, 0.1) is 19.1 Å². The lowest BCUT2D eigenvalue weighted by atomic mass is 9.84. The second-order valence-electron chi connectivity index (χ2n) is 10.2. The first-order valence-corrected chi connectivity index (χ1v) is 12.8. The smallest absolute Gasteiger partial charge is 0.238 e. The molecule has 11 heteroatoms. The maximum Gasteiger partial charge on any atom is 0.238 e. The summed E-state index contributed by atoms with van der Waals surface area (Å²) < 4.78 is 62.1. The molecular weight excluding hydrogens is 526 g/mol. The van der Waals surface area contributed by atoms with E-state index in [2.05, 4.69) is 15.5 Å². The third-order valence-corrected chi connectivity index (χ3v) is 7.43. The molecule has 2 atom stereocenters. The second-order valence-corrected chi connectivity index (χ2v) is 10.2. The summed E-state index contributed by atoms with van der Waals surface area (Å²) in [6, 6.07) is 14.1. The number of hydrogen-bond acceptors (Lipinski definition) is 6. The fourth-order valence-electron chi connectivity index (χ4n) is 5.75. The predicted molar refractivity (Wildman–Crippen MR) is 136 cm³/mol. The molecule has 4 aromatic rings. The second kappa shape index (κ2) is 10.1. The van der Waals surface area contributed by atoms with Gasteiger partial charge < -0.3 is 14.7 Å². The van der Waals surface area contributed by atoms with Gasteiger partial charge >= 0.3 is 0 Å². The molecule has 6 rings (SSSR count). The van der Waals surface area contributed by atoms with Crippen LogP contribution in [0.15, 0.2) is 65.2 Å². The van der Waals surface area contributed by atoms with Gasteiger partial charge in [-0.25, -0.2) is 17.6 Å². The first kappa shape index (κ1) is 26.1. The van der Waals surface area contributed by atoms with Gasteiger partial charge in [-0.3, -0.25) is 9.69 Å². The maximum absolute atomic E-state index is 14.6. The van der Waals surface area contributed by atoms with Crippen molar-refractivity contribution in [1.29, 1.82) is 0 Å². The molecule has 1 aromatic heterocycles. The number of fused-ring (bicyclic) bond motifs is 1. The molecule has 0 saturated carbocycles. The van der Waals surface area contributed by atoms with Gasteiger partial charge in [-0.15, -0.1) is 0 Å². The molecule has 2 fully saturated rings. The van der Waals surface area contributed by atoms with Crippen LogP contribution in [0.5, 0.6) is 0 Å². The van der Waals surface area contributed by atoms with E-state index in [0.717, 1.165) is 35.4 Å². The molecular formula is C29H25F4N5O2. The summed E-state index contributed by atoms with van der Waals surface area (Å²) in [5.41, 5.74) is 1.12. The van der Waals surface area contributed by atoms with Crippen LogP contribution >= 0.6 is 0 Å². The number of carbonyl (C=O) groups excluding carboxylic acids is 1. The van der Waals surface area contributed by atoms with Crippen LogP contribution in [0.2, 0.25) is 0 Å². The minimum absolute atomic E-state index is 0.0464. The lowest BCUT2D eigenvalue weighted by Gasteiger charge is -2.47. The zero-order chi connectivity index (χ0) is 28.0. The van der Waals surface area contributed by atoms with E-state index in [1.807, 2.05) is 36.1 Å². The quantitative estimate of drug-likeness (QED) is 0.365. The Morgan fingerprint density at radius 1 is 0.975 bits per heavy atom. The monoisotopic (exact) mass is 551 g/mol. The summed E-state index contributed by atoms with van der Waals surface area (Å²) in [6.45, 7) is 2.81. The van der Waals surface area contributed by atoms with Crippen molar-refractivity contribution in [1.82, 2.24) is 25.3 Å². The highest BCUT2D eigenvalue weighted by Crippen LogP contribution is 2.41. The number of benzene rings is 3. The van der Waals surface area contributed by atoms with Crippen molar-refractivity contribution >= 4 is 5.91 Å². The van der Waals surface area contributed by atoms with Crippen LogP contribution in [-0.4, -0.2) is 51.6 Å². The summed E-state index contributed by atoms with van der Waals surface area (Å²) >= 11 is 0. The average molecular weight is 552 g/mol. The highest BCUT2D eigenvalue weighted by molar-refractivity contribution is 5.81. The Balaban J connectivity index is 1.41. The Morgan fingerprint density at radius 2 is 1.68 bits per heavy atom. The molecule has 1 unspecified atom stereocenters. The van der Waals surface area contributed by atoms with Crippen LogP contribution in [-0.2, 0) is 23.3 Å². The minimum Gasteiger partial charge on any atom is -0.339 e. The zero-order valence-electron chi connectivity index (χ0n) is 21.5. The standard InChI is InChI=1S/C29H25F4N5O2/c1-17-3-2-4-18(5-17)14-37-26-13-34-16-29(38(26)15-27(37)39,20-9-23(32)12-24(33)10-20)28-35-25(40-36-28)8-19-6-21(30)11-22(31)7-19/h2-7,9-12,26,34H,8,13-16H2,1H3/t26?,29-/m1/s1. The van der Waals surface area contributed by atoms with Crippen molar-refractivity contribution < 1.29 is 26.9 Å². The maximum atomic E-state index is 14.6. The molecule has 0 radical (unpaired) electrons. The summed E-state index contributed by atoms with van der Waals surface area (Å²) in [7, 11) is 0. The molecule has 2 saturated heterocycles. The van der Waals surface area contributed by atoms with Gasteiger partial charge in [0, 0.05) is 31.8 Å². The highest BCUT2D eigenvalue weighted by atomic mass is 19.1. The first-order chi connectivity index (χ1) is 19.2. The fourth-order valence-corrected chi connectivity index (χ4v) is 5.75. The van der Waals surface area contributed by atoms with Gasteiger partial charge in [0.2, 0.25) is 11.8 Å². The van der Waals surface area contributed by atoms with E-state index in [1.54, 1.807) is 4.90 Å². The molecule has 1 N–H and O–H groups in total. The number of carbonyl (C=O) groups is 1. The summed E-state index contributed by atoms with van der Waals surface area (Å²) in [4.78, 5) is 21.5. The number of piperazine rings is 1. The van der Waals surface area contributed by atoms with Gasteiger partial charge in [-0.1, -0.05) is 35.0 Å². The Hall–Kier alpha value is -4.09. The third-order valence-electron chi connectivity index (χ3n) is 7.43. The molecule has 0 spiro atoms. The number of aryl methyl sites for hydroxylation is 1. The molecule has 2 aliphatic heterocycles. The topological polar surface area (TPSA) is 74.5 Å². The highest BCUT2D eigenvalue weighted by Gasteiger charge is 2.55. The van der Waals surface area contributed by atoms with E-state index < -0.39 is 35.0 Å². The van der Waals surface area contributed by atoms with E-state index >= 15 is 0 Å². The summed E-state index contributed by atoms with van der Waals surface area (Å²) in [5, 5.41) is 7.47. The number of hydrogen-bond donors (Lipinski definition) is 1. The number of halogens is 4. The van der Waals surface area contributed by atoms with Crippen molar-refractivity contribution in [2.45, 2.75) is 31.6 Å². The first-order valence-electron chi connectivity index (χ1n) is 12.8. The predicted octanol–water partition coefficient (Wildman–Crippen LogP) is 4.04. The van der Waals surface area contributed by atoms with Crippen LogP contribution in [0, 0.1) is 30.2 Å². The largest absolute Gasteiger partial charge is 0.339 e. The number of aromatic nitrogens is 2. The van der Waals surface area contributed by atoms with Gasteiger partial charge in [0.25, 0.3) is 0 Å². The van der Waals surface area contributed by atoms with Crippen molar-refractivity contribution in [2.24, 2.45) is 0 Å². The van der Waals surface area contributed by atoms with Crippen molar-refractivity contribution in [2.75, 3.05) is 19.6 Å². The SMILES string of the molecule is Cc1cccc(CN2C(=O)CN3C2CNC[C@@]3(c2cc(F)cc(F)c2)c2noc(Cc3cc(F)cc(F)c3)n2)c1. The number of rotatable bonds is 6. The van der Waals surface area contributed by atoms with Gasteiger partial charge in [-0.2, -0.15) is 4.98 Å². The molecule has 0 aliphatic carbocycles. The lowest BCUT2D eigenvalue weighted by Crippen LogP contribution is -2.64. The van der Waals surface area contributed by atoms with Crippen LogP contribution in [0.1, 0.15) is 34.0 Å². The van der Waals surface area contributed by atoms with E-state index in [9.17, 15) is 22.4 Å². The third kappa shape index (κ3) is 4.75. The fraction of sp³-hybridized carbons (Fsp3) is 0.276. The summed E-state index contributed by atoms with van der Waals surface area (Å²) in [6.07, 6.45) is -0.544. The molecule has 40 heavy (non-hydrogen) atoms. The molecule has 1 amide bonds. The molecule has 3 heterocycles. The number of nitrogens with zero attached hydrogens (tertiary/aromatic N) is 4. The molecule has 3 aromatic carbocycles. The molecule has 206 valence electrons. The van der Waals surface area contributed by atoms with E-state index in [4.69, 9.17) is 4.52 Å². The van der Waals surface area contributed by atoms with Crippen molar-refractivity contribution in [3.05, 3.63) is 118 Å². The Labute approximate surface area is 227 Å². The van der Waals surface area contributed by atoms with Crippen LogP contribution in [0.25, 0.3) is 0 Å². The Kier molecular flexibility index (Phi) is 6.63. The Morgan fingerprint density at radius 3 is 2.38 bits per heavy atom. The van der Waals surface area contributed by atoms with E-state index in [0.29, 0.717) is 13.1 Å². The lowest BCUT2D eigenvalue weighted by molar-refractivity contribution is -0.128. The zero-order valence-corrected chi connectivity index (χ0v) is 21.5. The number of amides is 1. The van der Waals surface area contributed by atoms with Gasteiger partial charge in [-0.05, 0) is 47.9 Å². The van der Waals surface area contributed by atoms with Gasteiger partial charge in [0.1, 0.15) is 28.8 Å². The minimum atomic E-state index is -1.38. The summed E-state index contributed by atoms with van der Waals surface area (Å²) in [5.74, 6) is -3.10. The van der Waals surface area contributed by atoms with Gasteiger partial charge in [0.15, 0.2) is 5.82 Å². The number of nitrogens with one attached hydrogen (secondary N) is 1. The van der Waals surface area contributed by atoms with Crippen LogP contribution in [0.3, 0.4) is 0 Å². The molecule has 2 aliphatic rings. The van der Waals surface area contributed by atoms with Crippen molar-refractivity contribution in [3.63, 3.8) is 0 Å².